The van der Waals surface area contributed by atoms with E-state index in [1.165, 1.54) is 8.61 Å². The van der Waals surface area contributed by atoms with Crippen LogP contribution in [0.3, 0.4) is 0 Å². The zero-order valence-corrected chi connectivity index (χ0v) is 20.8. The Morgan fingerprint density at radius 1 is 0.719 bits per heavy atom. The fraction of sp³-hybridized carbons (Fsp3) is 0.500. The summed E-state index contributed by atoms with van der Waals surface area (Å²) in [7, 11) is -7.28. The van der Waals surface area contributed by atoms with Crippen LogP contribution in [0, 0.1) is 5.92 Å². The van der Waals surface area contributed by atoms with Crippen LogP contribution in [0.25, 0.3) is 0 Å². The first kappa shape index (κ1) is 24.9. The predicted molar refractivity (Wildman–Crippen MR) is 128 cm³/mol. The van der Waals surface area contributed by atoms with Gasteiger partial charge in [-0.05, 0) is 60.6 Å². The minimum absolute atomic E-state index is 0.143. The van der Waals surface area contributed by atoms with Gasteiger partial charge in [0.1, 0.15) is 0 Å². The molecule has 1 fully saturated rings. The molecule has 0 amide bonds. The highest BCUT2D eigenvalue weighted by molar-refractivity contribution is 7.89. The van der Waals surface area contributed by atoms with Crippen LogP contribution in [0.1, 0.15) is 44.7 Å². The predicted octanol–water partition coefficient (Wildman–Crippen LogP) is 3.92. The molecule has 0 atom stereocenters. The van der Waals surface area contributed by atoms with Crippen LogP contribution in [0.15, 0.2) is 58.3 Å². The van der Waals surface area contributed by atoms with Crippen LogP contribution >= 0.6 is 0 Å². The smallest absolute Gasteiger partial charge is 0.207 e. The van der Waals surface area contributed by atoms with Gasteiger partial charge >= 0.3 is 0 Å². The van der Waals surface area contributed by atoms with Crippen LogP contribution < -0.4 is 0 Å². The standard InChI is InChI=1S/C24H34N2O4S2/c1-4-5-6-21-7-11-23(12-8-21)31(27,28)25-15-17-26(18-16-25)32(29,30)24-13-9-22(10-14-24)19-20(2)3/h7-14,20H,4-6,15-19H2,1-3H3. The van der Waals surface area contributed by atoms with Gasteiger partial charge in [0.25, 0.3) is 0 Å². The lowest BCUT2D eigenvalue weighted by Crippen LogP contribution is -2.50. The van der Waals surface area contributed by atoms with Crippen molar-refractivity contribution in [2.24, 2.45) is 5.92 Å². The number of nitrogens with zero attached hydrogens (tertiary/aromatic N) is 2. The third-order valence-electron chi connectivity index (χ3n) is 5.78. The zero-order chi connectivity index (χ0) is 23.4. The molecular weight excluding hydrogens is 444 g/mol. The van der Waals surface area contributed by atoms with Crippen molar-refractivity contribution < 1.29 is 16.8 Å². The number of hydrogen-bond acceptors (Lipinski definition) is 4. The van der Waals surface area contributed by atoms with Crippen LogP contribution in [-0.2, 0) is 32.9 Å². The van der Waals surface area contributed by atoms with Crippen LogP contribution in [-0.4, -0.2) is 51.6 Å². The summed E-state index contributed by atoms with van der Waals surface area (Å²) < 4.78 is 54.9. The molecule has 0 N–H and O–H groups in total. The normalized spacial score (nSPS) is 16.5. The molecule has 0 aromatic heterocycles. The van der Waals surface area contributed by atoms with Crippen LogP contribution in [0.2, 0.25) is 0 Å². The molecule has 3 rings (SSSR count). The van der Waals surface area contributed by atoms with E-state index in [9.17, 15) is 16.8 Å². The molecule has 1 aliphatic rings. The topological polar surface area (TPSA) is 74.8 Å². The molecule has 32 heavy (non-hydrogen) atoms. The summed E-state index contributed by atoms with van der Waals surface area (Å²) in [5.41, 5.74) is 2.23. The number of sulfonamides is 2. The Bertz CT molecular complexity index is 1090. The molecule has 0 spiro atoms. The Balaban J connectivity index is 1.65. The van der Waals surface area contributed by atoms with E-state index >= 15 is 0 Å². The molecule has 1 heterocycles. The molecule has 1 saturated heterocycles. The van der Waals surface area contributed by atoms with Crippen molar-refractivity contribution in [2.45, 2.75) is 56.2 Å². The van der Waals surface area contributed by atoms with E-state index in [1.807, 2.05) is 24.3 Å². The highest BCUT2D eigenvalue weighted by atomic mass is 32.2. The van der Waals surface area contributed by atoms with Crippen LogP contribution in [0.5, 0.6) is 0 Å². The Labute approximate surface area is 193 Å². The lowest BCUT2D eigenvalue weighted by molar-refractivity contribution is 0.273. The fourth-order valence-electron chi connectivity index (χ4n) is 3.93. The second-order valence-corrected chi connectivity index (χ2v) is 12.7. The third kappa shape index (κ3) is 5.78. The van der Waals surface area contributed by atoms with Crippen molar-refractivity contribution in [2.75, 3.05) is 26.2 Å². The summed E-state index contributed by atoms with van der Waals surface area (Å²) in [4.78, 5) is 0.513. The zero-order valence-electron chi connectivity index (χ0n) is 19.2. The van der Waals surface area contributed by atoms with Gasteiger partial charge in [-0.3, -0.25) is 0 Å². The SMILES string of the molecule is CCCCc1ccc(S(=O)(=O)N2CCN(S(=O)(=O)c3ccc(CC(C)C)cc3)CC2)cc1. The number of rotatable bonds is 9. The number of hydrogen-bond donors (Lipinski definition) is 0. The molecule has 176 valence electrons. The minimum atomic E-state index is -3.64. The maximum Gasteiger partial charge on any atom is 0.243 e. The quantitative estimate of drug-likeness (QED) is 0.547. The molecular formula is C24H34N2O4S2. The Morgan fingerprint density at radius 2 is 1.12 bits per heavy atom. The Morgan fingerprint density at radius 3 is 1.50 bits per heavy atom. The summed E-state index contributed by atoms with van der Waals surface area (Å²) in [6.07, 6.45) is 4.00. The van der Waals surface area contributed by atoms with Gasteiger partial charge in [-0.1, -0.05) is 51.5 Å². The van der Waals surface area contributed by atoms with E-state index < -0.39 is 20.0 Å². The second kappa shape index (κ2) is 10.5. The van der Waals surface area contributed by atoms with Gasteiger partial charge in [0.05, 0.1) is 9.79 Å². The molecule has 2 aromatic rings. The van der Waals surface area contributed by atoms with Gasteiger partial charge in [-0.15, -0.1) is 0 Å². The van der Waals surface area contributed by atoms with Crippen molar-refractivity contribution in [1.29, 1.82) is 0 Å². The van der Waals surface area contributed by atoms with Gasteiger partial charge in [-0.2, -0.15) is 8.61 Å². The summed E-state index contributed by atoms with van der Waals surface area (Å²) >= 11 is 0. The molecule has 0 saturated carbocycles. The molecule has 6 nitrogen and oxygen atoms in total. The van der Waals surface area contributed by atoms with Gasteiger partial charge in [0.2, 0.25) is 20.0 Å². The van der Waals surface area contributed by atoms with E-state index in [0.29, 0.717) is 5.92 Å². The van der Waals surface area contributed by atoms with E-state index in [2.05, 4.69) is 20.8 Å². The van der Waals surface area contributed by atoms with E-state index in [1.54, 1.807) is 24.3 Å². The first-order valence-corrected chi connectivity index (χ1v) is 14.2. The van der Waals surface area contributed by atoms with Gasteiger partial charge in [0, 0.05) is 26.2 Å². The molecule has 0 radical (unpaired) electrons. The van der Waals surface area contributed by atoms with Crippen molar-refractivity contribution in [1.82, 2.24) is 8.61 Å². The third-order valence-corrected chi connectivity index (χ3v) is 9.61. The average Bonchev–Trinajstić information content (AvgIpc) is 2.78. The van der Waals surface area contributed by atoms with E-state index in [4.69, 9.17) is 0 Å². The Hall–Kier alpha value is -1.74. The summed E-state index contributed by atoms with van der Waals surface area (Å²) in [6.45, 7) is 6.95. The average molecular weight is 479 g/mol. The van der Waals surface area contributed by atoms with Gasteiger partial charge in [-0.25, -0.2) is 16.8 Å². The van der Waals surface area contributed by atoms with E-state index in [-0.39, 0.29) is 36.0 Å². The summed E-state index contributed by atoms with van der Waals surface area (Å²) in [5, 5.41) is 0. The number of aryl methyl sites for hydroxylation is 1. The first-order valence-electron chi connectivity index (χ1n) is 11.3. The Kier molecular flexibility index (Phi) is 8.14. The summed E-state index contributed by atoms with van der Waals surface area (Å²) in [5.74, 6) is 0.500. The van der Waals surface area contributed by atoms with Gasteiger partial charge in [0.15, 0.2) is 0 Å². The number of piperazine rings is 1. The summed E-state index contributed by atoms with van der Waals surface area (Å²) in [6, 6.07) is 14.1. The molecule has 0 bridgehead atoms. The fourth-order valence-corrected chi connectivity index (χ4v) is 6.77. The minimum Gasteiger partial charge on any atom is -0.207 e. The number of unbranched alkanes of at least 4 members (excludes halogenated alkanes) is 1. The highest BCUT2D eigenvalue weighted by Crippen LogP contribution is 2.23. The van der Waals surface area contributed by atoms with E-state index in [0.717, 1.165) is 36.8 Å². The molecule has 8 heteroatoms. The number of benzene rings is 2. The van der Waals surface area contributed by atoms with Crippen molar-refractivity contribution in [3.8, 4) is 0 Å². The maximum absolute atomic E-state index is 13.0. The van der Waals surface area contributed by atoms with Crippen molar-refractivity contribution in [3.05, 3.63) is 59.7 Å². The largest absolute Gasteiger partial charge is 0.243 e. The second-order valence-electron chi connectivity index (χ2n) is 8.80. The maximum atomic E-state index is 13.0. The lowest BCUT2D eigenvalue weighted by atomic mass is 10.0. The molecule has 2 aromatic carbocycles. The van der Waals surface area contributed by atoms with Crippen LogP contribution in [0.4, 0.5) is 0 Å². The van der Waals surface area contributed by atoms with Gasteiger partial charge < -0.3 is 0 Å². The lowest BCUT2D eigenvalue weighted by Gasteiger charge is -2.33. The van der Waals surface area contributed by atoms with Crippen molar-refractivity contribution in [3.63, 3.8) is 0 Å². The molecule has 1 aliphatic heterocycles. The first-order chi connectivity index (χ1) is 15.1. The van der Waals surface area contributed by atoms with Crippen molar-refractivity contribution >= 4 is 20.0 Å². The highest BCUT2D eigenvalue weighted by Gasteiger charge is 2.33. The molecule has 0 aliphatic carbocycles. The monoisotopic (exact) mass is 478 g/mol. The molecule has 0 unspecified atom stereocenters.